The minimum atomic E-state index is -3.72. The second-order valence-corrected chi connectivity index (χ2v) is 12.4. The highest BCUT2D eigenvalue weighted by molar-refractivity contribution is 7.91. The molecule has 11 heteroatoms. The SMILES string of the molecule is COC(C[C@@H]1OC(C[C@@H](COC(=O)c2ccccc2)OC(=O)c2ccccc2)[C@H](OC)[C@H]1CS(=O)(=O)c1ccccc1)OC. The van der Waals surface area contributed by atoms with Crippen LogP contribution >= 0.6 is 0 Å². The van der Waals surface area contributed by atoms with Crippen molar-refractivity contribution in [2.45, 2.75) is 48.4 Å². The van der Waals surface area contributed by atoms with Gasteiger partial charge in [0.15, 0.2) is 16.1 Å². The summed E-state index contributed by atoms with van der Waals surface area (Å²) in [6.07, 6.45) is -3.32. The molecule has 10 nitrogen and oxygen atoms in total. The van der Waals surface area contributed by atoms with E-state index in [0.717, 1.165) is 0 Å². The molecular formula is C33H38O10S. The van der Waals surface area contributed by atoms with Crippen LogP contribution in [0.15, 0.2) is 95.9 Å². The van der Waals surface area contributed by atoms with Gasteiger partial charge in [0.2, 0.25) is 0 Å². The predicted molar refractivity (Wildman–Crippen MR) is 161 cm³/mol. The molecule has 3 aromatic carbocycles. The van der Waals surface area contributed by atoms with Crippen molar-refractivity contribution in [2.75, 3.05) is 33.7 Å². The van der Waals surface area contributed by atoms with Gasteiger partial charge in [-0.05, 0) is 36.4 Å². The van der Waals surface area contributed by atoms with E-state index in [1.54, 1.807) is 91.0 Å². The molecule has 0 N–H and O–H groups in total. The lowest BCUT2D eigenvalue weighted by Gasteiger charge is -2.26. The van der Waals surface area contributed by atoms with Crippen LogP contribution in [-0.2, 0) is 38.3 Å². The number of carbonyl (C=O) groups is 2. The second-order valence-electron chi connectivity index (χ2n) is 10.4. The summed E-state index contributed by atoms with van der Waals surface area (Å²) in [4.78, 5) is 26.0. The molecule has 0 amide bonds. The molecule has 0 spiro atoms. The topological polar surface area (TPSA) is 124 Å². The van der Waals surface area contributed by atoms with Gasteiger partial charge in [0, 0.05) is 40.1 Å². The summed E-state index contributed by atoms with van der Waals surface area (Å²) in [7, 11) is 0.739. The predicted octanol–water partition coefficient (Wildman–Crippen LogP) is 4.34. The van der Waals surface area contributed by atoms with Gasteiger partial charge >= 0.3 is 11.9 Å². The summed E-state index contributed by atoms with van der Waals surface area (Å²) in [6, 6.07) is 25.1. The van der Waals surface area contributed by atoms with Crippen molar-refractivity contribution in [2.24, 2.45) is 5.92 Å². The molecule has 1 aliphatic rings. The third-order valence-corrected chi connectivity index (χ3v) is 9.35. The maximum atomic E-state index is 13.5. The zero-order chi connectivity index (χ0) is 31.5. The molecule has 1 unspecified atom stereocenters. The van der Waals surface area contributed by atoms with Crippen LogP contribution in [0.3, 0.4) is 0 Å². The number of hydrogen-bond donors (Lipinski definition) is 0. The van der Waals surface area contributed by atoms with E-state index in [9.17, 15) is 18.0 Å². The summed E-state index contributed by atoms with van der Waals surface area (Å²) >= 11 is 0. The van der Waals surface area contributed by atoms with Gasteiger partial charge in [0.25, 0.3) is 0 Å². The number of rotatable bonds is 15. The van der Waals surface area contributed by atoms with Gasteiger partial charge < -0.3 is 28.4 Å². The average molecular weight is 627 g/mol. The van der Waals surface area contributed by atoms with Gasteiger partial charge in [-0.15, -0.1) is 0 Å². The average Bonchev–Trinajstić information content (AvgIpc) is 3.37. The van der Waals surface area contributed by atoms with Crippen molar-refractivity contribution >= 4 is 21.8 Å². The summed E-state index contributed by atoms with van der Waals surface area (Å²) < 4.78 is 61.4. The molecule has 1 fully saturated rings. The molecule has 0 radical (unpaired) electrons. The summed E-state index contributed by atoms with van der Waals surface area (Å²) in [6.45, 7) is -0.251. The zero-order valence-electron chi connectivity index (χ0n) is 24.9. The van der Waals surface area contributed by atoms with Crippen LogP contribution in [-0.4, -0.2) is 84.8 Å². The normalized spacial score (nSPS) is 20.7. The van der Waals surface area contributed by atoms with Crippen LogP contribution in [0.1, 0.15) is 33.6 Å². The van der Waals surface area contributed by atoms with Crippen LogP contribution < -0.4 is 0 Å². The van der Waals surface area contributed by atoms with Gasteiger partial charge in [-0.25, -0.2) is 18.0 Å². The van der Waals surface area contributed by atoms with E-state index in [4.69, 9.17) is 28.4 Å². The fourth-order valence-electron chi connectivity index (χ4n) is 5.32. The molecule has 0 saturated carbocycles. The molecule has 3 aromatic rings. The van der Waals surface area contributed by atoms with E-state index in [0.29, 0.717) is 11.1 Å². The number of ether oxygens (including phenoxy) is 6. The number of benzene rings is 3. The number of methoxy groups -OCH3 is 3. The van der Waals surface area contributed by atoms with Crippen LogP contribution in [0.2, 0.25) is 0 Å². The van der Waals surface area contributed by atoms with Crippen molar-refractivity contribution in [1.82, 2.24) is 0 Å². The molecular weight excluding hydrogens is 588 g/mol. The number of hydrogen-bond acceptors (Lipinski definition) is 10. The Morgan fingerprint density at radius 1 is 0.750 bits per heavy atom. The second kappa shape index (κ2) is 15.9. The Hall–Kier alpha value is -3.61. The van der Waals surface area contributed by atoms with E-state index in [1.807, 2.05) is 0 Å². The Morgan fingerprint density at radius 3 is 1.84 bits per heavy atom. The van der Waals surface area contributed by atoms with Crippen molar-refractivity contribution < 1.29 is 46.4 Å². The van der Waals surface area contributed by atoms with Gasteiger partial charge in [-0.1, -0.05) is 54.6 Å². The molecule has 4 rings (SSSR count). The smallest absolute Gasteiger partial charge is 0.338 e. The van der Waals surface area contributed by atoms with Crippen LogP contribution in [0, 0.1) is 5.92 Å². The Labute approximate surface area is 258 Å². The monoisotopic (exact) mass is 626 g/mol. The lowest BCUT2D eigenvalue weighted by Crippen LogP contribution is -2.38. The third-order valence-electron chi connectivity index (χ3n) is 7.54. The first-order chi connectivity index (χ1) is 21.2. The number of carbonyl (C=O) groups excluding carboxylic acids is 2. The molecule has 0 aromatic heterocycles. The molecule has 0 aliphatic carbocycles. The van der Waals surface area contributed by atoms with Crippen molar-refractivity contribution in [1.29, 1.82) is 0 Å². The first-order valence-electron chi connectivity index (χ1n) is 14.3. The summed E-state index contributed by atoms with van der Waals surface area (Å²) in [5.41, 5.74) is 0.680. The van der Waals surface area contributed by atoms with E-state index in [2.05, 4.69) is 0 Å². The van der Waals surface area contributed by atoms with Crippen molar-refractivity contribution in [3.05, 3.63) is 102 Å². The maximum absolute atomic E-state index is 13.5. The van der Waals surface area contributed by atoms with Crippen LogP contribution in [0.25, 0.3) is 0 Å². The minimum Gasteiger partial charge on any atom is -0.458 e. The largest absolute Gasteiger partial charge is 0.458 e. The van der Waals surface area contributed by atoms with E-state index in [1.165, 1.54) is 21.3 Å². The van der Waals surface area contributed by atoms with E-state index < -0.39 is 58.4 Å². The zero-order valence-corrected chi connectivity index (χ0v) is 25.8. The number of sulfone groups is 1. The molecule has 1 heterocycles. The standard InChI is InChI=1S/C33H38O10S/c1-38-30(39-2)20-28-27(22-44(36,37)26-17-11-6-12-18-26)31(40-3)29(43-28)19-25(42-33(35)24-15-9-5-10-16-24)21-41-32(34)23-13-7-4-8-14-23/h4-18,25,27-31H,19-22H2,1-3H3/t25-,27-,28-,29?,31+/m0/s1. The van der Waals surface area contributed by atoms with Gasteiger partial charge in [-0.3, -0.25) is 0 Å². The Balaban J connectivity index is 1.58. The Morgan fingerprint density at radius 2 is 1.30 bits per heavy atom. The fraction of sp³-hybridized carbons (Fsp3) is 0.394. The van der Waals surface area contributed by atoms with E-state index >= 15 is 0 Å². The van der Waals surface area contributed by atoms with Gasteiger partial charge in [-0.2, -0.15) is 0 Å². The molecule has 1 aliphatic heterocycles. The lowest BCUT2D eigenvalue weighted by atomic mass is 9.94. The summed E-state index contributed by atoms with van der Waals surface area (Å²) in [5.74, 6) is -2.04. The quantitative estimate of drug-likeness (QED) is 0.178. The van der Waals surface area contributed by atoms with Crippen LogP contribution in [0.5, 0.6) is 0 Å². The molecule has 0 bridgehead atoms. The summed E-state index contributed by atoms with van der Waals surface area (Å²) in [5, 5.41) is 0. The Kier molecular flexibility index (Phi) is 12.0. The first-order valence-corrected chi connectivity index (χ1v) is 15.9. The molecule has 44 heavy (non-hydrogen) atoms. The minimum absolute atomic E-state index is 0.0716. The lowest BCUT2D eigenvalue weighted by molar-refractivity contribution is -0.133. The van der Waals surface area contributed by atoms with Crippen LogP contribution in [0.4, 0.5) is 0 Å². The van der Waals surface area contributed by atoms with E-state index in [-0.39, 0.29) is 30.1 Å². The fourth-order valence-corrected chi connectivity index (χ4v) is 7.00. The highest BCUT2D eigenvalue weighted by Crippen LogP contribution is 2.37. The number of esters is 2. The molecule has 1 saturated heterocycles. The highest BCUT2D eigenvalue weighted by atomic mass is 32.2. The maximum Gasteiger partial charge on any atom is 0.338 e. The van der Waals surface area contributed by atoms with Crippen molar-refractivity contribution in [3.63, 3.8) is 0 Å². The first kappa shape index (κ1) is 33.3. The Bertz CT molecular complexity index is 1430. The molecule has 5 atom stereocenters. The third kappa shape index (κ3) is 8.73. The molecule has 236 valence electrons. The highest BCUT2D eigenvalue weighted by Gasteiger charge is 2.48. The van der Waals surface area contributed by atoms with Gasteiger partial charge in [0.1, 0.15) is 12.7 Å². The van der Waals surface area contributed by atoms with Gasteiger partial charge in [0.05, 0.1) is 40.1 Å². The van der Waals surface area contributed by atoms with Crippen molar-refractivity contribution in [3.8, 4) is 0 Å².